The number of pyridine rings is 2. The number of rotatable bonds is 8. The van der Waals surface area contributed by atoms with Crippen LogP contribution in [0.2, 0.25) is 0 Å². The Morgan fingerprint density at radius 3 is 2.55 bits per heavy atom. The van der Waals surface area contributed by atoms with Crippen LogP contribution >= 0.6 is 0 Å². The van der Waals surface area contributed by atoms with E-state index in [-0.39, 0.29) is 23.4 Å². The van der Waals surface area contributed by atoms with Crippen molar-refractivity contribution in [3.05, 3.63) is 78.1 Å². The van der Waals surface area contributed by atoms with Crippen LogP contribution < -0.4 is 0 Å². The van der Waals surface area contributed by atoms with Crippen molar-refractivity contribution in [2.75, 3.05) is 5.75 Å². The molecule has 4 aromatic rings. The molecule has 1 N–H and O–H groups in total. The first kappa shape index (κ1) is 22.2. The number of fused-ring (bicyclic) bond motifs is 1. The van der Waals surface area contributed by atoms with E-state index in [9.17, 15) is 22.4 Å². The zero-order valence-corrected chi connectivity index (χ0v) is 17.9. The summed E-state index contributed by atoms with van der Waals surface area (Å²) in [5.41, 5.74) is 1.57. The maximum Gasteiger partial charge on any atom is 0.303 e. The van der Waals surface area contributed by atoms with E-state index in [2.05, 4.69) is 15.1 Å². The Morgan fingerprint density at radius 1 is 1.06 bits per heavy atom. The minimum absolute atomic E-state index is 0.0754. The van der Waals surface area contributed by atoms with Crippen molar-refractivity contribution in [2.45, 2.75) is 17.9 Å². The van der Waals surface area contributed by atoms with Crippen molar-refractivity contribution in [3.63, 3.8) is 0 Å². The van der Waals surface area contributed by atoms with Crippen LogP contribution in [0.3, 0.4) is 0 Å². The van der Waals surface area contributed by atoms with E-state index in [0.717, 1.165) is 0 Å². The van der Waals surface area contributed by atoms with Crippen LogP contribution in [-0.4, -0.2) is 50.8 Å². The average Bonchev–Trinajstić information content (AvgIpc) is 3.22. The highest BCUT2D eigenvalue weighted by Crippen LogP contribution is 2.22. The van der Waals surface area contributed by atoms with E-state index in [4.69, 9.17) is 5.11 Å². The van der Waals surface area contributed by atoms with Crippen molar-refractivity contribution >= 4 is 32.5 Å². The van der Waals surface area contributed by atoms with Crippen molar-refractivity contribution < 1.29 is 27.5 Å². The molecule has 9 nitrogen and oxygen atoms in total. The summed E-state index contributed by atoms with van der Waals surface area (Å²) < 4.78 is 40.4. The fraction of sp³-hybridized carbons (Fsp3) is 0.136. The molecular weight excluding hydrogens is 451 g/mol. The number of sulfone groups is 1. The number of benzene rings is 1. The number of aliphatic carboxylic acids is 1. The van der Waals surface area contributed by atoms with Crippen LogP contribution in [0.4, 0.5) is 4.39 Å². The van der Waals surface area contributed by atoms with Crippen molar-refractivity contribution in [2.24, 2.45) is 0 Å². The molecule has 0 aliphatic heterocycles. The maximum atomic E-state index is 13.2. The third-order valence-electron chi connectivity index (χ3n) is 4.94. The van der Waals surface area contributed by atoms with Gasteiger partial charge in [0.25, 0.3) is 0 Å². The highest BCUT2D eigenvalue weighted by atomic mass is 32.2. The van der Waals surface area contributed by atoms with Crippen LogP contribution in [0.25, 0.3) is 16.6 Å². The molecule has 0 aliphatic rings. The van der Waals surface area contributed by atoms with Gasteiger partial charge in [0.2, 0.25) is 9.84 Å². The van der Waals surface area contributed by atoms with E-state index in [0.29, 0.717) is 22.2 Å². The Morgan fingerprint density at radius 2 is 1.82 bits per heavy atom. The second-order valence-electron chi connectivity index (χ2n) is 7.23. The lowest BCUT2D eigenvalue weighted by Gasteiger charge is -2.07. The second-order valence-corrected chi connectivity index (χ2v) is 9.17. The summed E-state index contributed by atoms with van der Waals surface area (Å²) in [4.78, 5) is 31.6. The maximum absolute atomic E-state index is 13.2. The van der Waals surface area contributed by atoms with E-state index in [1.165, 1.54) is 65.9 Å². The summed E-state index contributed by atoms with van der Waals surface area (Å²) in [6.07, 6.45) is 5.42. The first-order valence-corrected chi connectivity index (χ1v) is 11.4. The van der Waals surface area contributed by atoms with Crippen LogP contribution in [0, 0.1) is 5.82 Å². The highest BCUT2D eigenvalue weighted by molar-refractivity contribution is 7.92. The summed E-state index contributed by atoms with van der Waals surface area (Å²) in [6.45, 7) is 0. The molecule has 0 saturated heterocycles. The van der Waals surface area contributed by atoms with Gasteiger partial charge in [-0.2, -0.15) is 5.10 Å². The largest absolute Gasteiger partial charge is 0.481 e. The number of Topliss-reactive ketones (excluding diaryl/α,β-unsaturated/α-hetero) is 1. The fourth-order valence-corrected chi connectivity index (χ4v) is 4.50. The lowest BCUT2D eigenvalue weighted by molar-refractivity contribution is -0.136. The Hall–Kier alpha value is -3.99. The Balaban J connectivity index is 1.62. The van der Waals surface area contributed by atoms with Gasteiger partial charge in [-0.15, -0.1) is 0 Å². The standard InChI is InChI=1S/C22H17FN4O5S/c23-15-2-4-16(5-3-15)27-19-12-24-10-18(17(19)11-26-27)20(28)13-33(31,32)21-9-14(7-8-25-21)1-6-22(29)30/h2-5,7-12H,1,6,13H2,(H,29,30). The monoisotopic (exact) mass is 468 g/mol. The molecule has 0 saturated carbocycles. The zero-order valence-electron chi connectivity index (χ0n) is 17.1. The number of ketones is 1. The predicted molar refractivity (Wildman–Crippen MR) is 115 cm³/mol. The van der Waals surface area contributed by atoms with Gasteiger partial charge in [-0.1, -0.05) is 0 Å². The molecule has 0 atom stereocenters. The van der Waals surface area contributed by atoms with E-state index >= 15 is 0 Å². The predicted octanol–water partition coefficient (Wildman–Crippen LogP) is 2.63. The summed E-state index contributed by atoms with van der Waals surface area (Å²) in [5, 5.41) is 13.1. The Labute approximate surface area is 187 Å². The number of carbonyl (C=O) groups is 2. The van der Waals surface area contributed by atoms with E-state index in [1.54, 1.807) is 0 Å². The van der Waals surface area contributed by atoms with Gasteiger partial charge in [0.05, 0.1) is 23.6 Å². The number of carboxylic acid groups (broad SMARTS) is 1. The van der Waals surface area contributed by atoms with Gasteiger partial charge in [-0.25, -0.2) is 22.5 Å². The first-order valence-electron chi connectivity index (χ1n) is 9.75. The van der Waals surface area contributed by atoms with Crippen LogP contribution in [0.15, 0.2) is 66.2 Å². The number of halogens is 1. The molecule has 33 heavy (non-hydrogen) atoms. The van der Waals surface area contributed by atoms with E-state index in [1.807, 2.05) is 0 Å². The molecule has 3 heterocycles. The fourth-order valence-electron chi connectivity index (χ4n) is 3.30. The van der Waals surface area contributed by atoms with Crippen molar-refractivity contribution in [1.29, 1.82) is 0 Å². The van der Waals surface area contributed by atoms with Crippen LogP contribution in [0.1, 0.15) is 22.3 Å². The summed E-state index contributed by atoms with van der Waals surface area (Å²) in [6, 6.07) is 8.38. The minimum Gasteiger partial charge on any atom is -0.481 e. The molecule has 0 fully saturated rings. The molecular formula is C22H17FN4O5S. The van der Waals surface area contributed by atoms with Crippen LogP contribution in [0.5, 0.6) is 0 Å². The Kier molecular flexibility index (Phi) is 5.97. The third kappa shape index (κ3) is 4.77. The number of aromatic nitrogens is 4. The topological polar surface area (TPSA) is 132 Å². The summed E-state index contributed by atoms with van der Waals surface area (Å²) >= 11 is 0. The number of hydrogen-bond acceptors (Lipinski definition) is 7. The SMILES string of the molecule is O=C(O)CCc1ccnc(S(=O)(=O)CC(=O)c2cncc3c2cnn3-c2ccc(F)cc2)c1. The van der Waals surface area contributed by atoms with Gasteiger partial charge < -0.3 is 5.11 Å². The smallest absolute Gasteiger partial charge is 0.303 e. The molecule has 3 aromatic heterocycles. The highest BCUT2D eigenvalue weighted by Gasteiger charge is 2.24. The molecule has 0 radical (unpaired) electrons. The lowest BCUT2D eigenvalue weighted by Crippen LogP contribution is -2.18. The number of nitrogens with zero attached hydrogens (tertiary/aromatic N) is 4. The normalized spacial score (nSPS) is 11.5. The van der Waals surface area contributed by atoms with Gasteiger partial charge in [-0.05, 0) is 48.4 Å². The van der Waals surface area contributed by atoms with Crippen molar-refractivity contribution in [1.82, 2.24) is 19.7 Å². The lowest BCUT2D eigenvalue weighted by atomic mass is 10.1. The molecule has 0 aliphatic carbocycles. The molecule has 4 rings (SSSR count). The molecule has 0 amide bonds. The van der Waals surface area contributed by atoms with E-state index < -0.39 is 33.2 Å². The van der Waals surface area contributed by atoms with Gasteiger partial charge in [0, 0.05) is 29.8 Å². The van der Waals surface area contributed by atoms with Gasteiger partial charge in [-0.3, -0.25) is 14.6 Å². The third-order valence-corrected chi connectivity index (χ3v) is 6.44. The summed E-state index contributed by atoms with van der Waals surface area (Å²) in [5.74, 6) is -2.95. The Bertz CT molecular complexity index is 1470. The van der Waals surface area contributed by atoms with Gasteiger partial charge >= 0.3 is 5.97 Å². The molecule has 1 aromatic carbocycles. The number of aryl methyl sites for hydroxylation is 1. The first-order chi connectivity index (χ1) is 15.7. The van der Waals surface area contributed by atoms with Crippen LogP contribution in [-0.2, 0) is 21.1 Å². The zero-order chi connectivity index (χ0) is 23.6. The summed E-state index contributed by atoms with van der Waals surface area (Å²) in [7, 11) is -4.09. The number of carboxylic acids is 1. The molecule has 11 heteroatoms. The van der Waals surface area contributed by atoms with Crippen molar-refractivity contribution in [3.8, 4) is 5.69 Å². The average molecular weight is 468 g/mol. The molecule has 0 unspecified atom stereocenters. The molecule has 0 spiro atoms. The molecule has 168 valence electrons. The number of hydrogen-bond donors (Lipinski definition) is 1. The quantitative estimate of drug-likeness (QED) is 0.390. The second kappa shape index (κ2) is 8.87. The number of carbonyl (C=O) groups excluding carboxylic acids is 1. The van der Waals surface area contributed by atoms with Gasteiger partial charge in [0.1, 0.15) is 11.6 Å². The van der Waals surface area contributed by atoms with Gasteiger partial charge in [0.15, 0.2) is 10.8 Å². The minimum atomic E-state index is -4.09. The molecule has 0 bridgehead atoms.